The lowest BCUT2D eigenvalue weighted by Gasteiger charge is -2.45. The van der Waals surface area contributed by atoms with Crippen LogP contribution in [-0.2, 0) is 16.1 Å². The van der Waals surface area contributed by atoms with Crippen molar-refractivity contribution in [2.45, 2.75) is 63.1 Å². The number of para-hydroxylation sites is 1. The Morgan fingerprint density at radius 2 is 1.89 bits per heavy atom. The van der Waals surface area contributed by atoms with Crippen molar-refractivity contribution in [1.82, 2.24) is 9.80 Å². The van der Waals surface area contributed by atoms with Gasteiger partial charge in [-0.05, 0) is 44.6 Å². The average molecular weight is 386 g/mol. The van der Waals surface area contributed by atoms with Gasteiger partial charge in [-0.25, -0.2) is 0 Å². The van der Waals surface area contributed by atoms with Gasteiger partial charge in [0.2, 0.25) is 5.91 Å². The fourth-order valence-electron chi connectivity index (χ4n) is 5.26. The van der Waals surface area contributed by atoms with Crippen molar-refractivity contribution in [3.05, 3.63) is 29.8 Å². The van der Waals surface area contributed by atoms with Crippen LogP contribution in [0.5, 0.6) is 5.75 Å². The molecular formula is C22H30N2O4. The number of aliphatic carboxylic acids is 1. The van der Waals surface area contributed by atoms with E-state index in [4.69, 9.17) is 4.74 Å². The van der Waals surface area contributed by atoms with Crippen LogP contribution in [0.1, 0.15) is 50.5 Å². The number of benzene rings is 1. The number of likely N-dealkylation sites (tertiary alicyclic amines) is 2. The SMILES string of the molecule is CN1C(=O)C[C@H](C(=O)O)C12CCN(Cc1ccccc1OC1CCCC1)CC2. The van der Waals surface area contributed by atoms with Gasteiger partial charge in [0.1, 0.15) is 5.75 Å². The molecule has 1 amide bonds. The van der Waals surface area contributed by atoms with E-state index < -0.39 is 17.4 Å². The molecule has 1 atom stereocenters. The van der Waals surface area contributed by atoms with Gasteiger partial charge < -0.3 is 14.7 Å². The molecule has 1 spiro atoms. The summed E-state index contributed by atoms with van der Waals surface area (Å²) in [5.74, 6) is -0.506. The standard InChI is InChI=1S/C22H30N2O4/c1-23-20(25)14-18(21(26)27)22(23)10-12-24(13-11-22)15-16-6-2-5-9-19(16)28-17-7-3-4-8-17/h2,5-6,9,17-18H,3-4,7-8,10-15H2,1H3,(H,26,27)/t18-/m1/s1. The first-order valence-electron chi connectivity index (χ1n) is 10.5. The van der Waals surface area contributed by atoms with Gasteiger partial charge in [0, 0.05) is 38.7 Å². The van der Waals surface area contributed by atoms with Crippen LogP contribution in [0.25, 0.3) is 0 Å². The predicted molar refractivity (Wildman–Crippen MR) is 105 cm³/mol. The van der Waals surface area contributed by atoms with Crippen molar-refractivity contribution in [3.8, 4) is 5.75 Å². The first-order chi connectivity index (χ1) is 13.5. The minimum absolute atomic E-state index is 0.0452. The fraction of sp³-hybridized carbons (Fsp3) is 0.636. The molecule has 3 aliphatic rings. The topological polar surface area (TPSA) is 70.1 Å². The second kappa shape index (κ2) is 7.74. The van der Waals surface area contributed by atoms with Gasteiger partial charge in [0.25, 0.3) is 0 Å². The minimum atomic E-state index is -0.846. The number of nitrogens with zero attached hydrogens (tertiary/aromatic N) is 2. The summed E-state index contributed by atoms with van der Waals surface area (Å²) in [6.45, 7) is 2.38. The lowest BCUT2D eigenvalue weighted by atomic mass is 9.77. The molecule has 6 nitrogen and oxygen atoms in total. The number of carbonyl (C=O) groups excluding carboxylic acids is 1. The summed E-state index contributed by atoms with van der Waals surface area (Å²) < 4.78 is 6.26. The molecule has 0 aromatic heterocycles. The molecule has 2 heterocycles. The van der Waals surface area contributed by atoms with Crippen LogP contribution in [0.4, 0.5) is 0 Å². The molecule has 1 saturated carbocycles. The Balaban J connectivity index is 1.42. The highest BCUT2D eigenvalue weighted by molar-refractivity contribution is 5.88. The third kappa shape index (κ3) is 3.50. The van der Waals surface area contributed by atoms with E-state index in [2.05, 4.69) is 17.0 Å². The Hall–Kier alpha value is -2.08. The maximum atomic E-state index is 12.2. The Morgan fingerprint density at radius 1 is 1.21 bits per heavy atom. The molecule has 1 aliphatic carbocycles. The van der Waals surface area contributed by atoms with Gasteiger partial charge in [-0.3, -0.25) is 14.5 Å². The fourth-order valence-corrected chi connectivity index (χ4v) is 5.26. The normalized spacial score (nSPS) is 25.5. The van der Waals surface area contributed by atoms with Gasteiger partial charge in [0.15, 0.2) is 0 Å². The van der Waals surface area contributed by atoms with Gasteiger partial charge in [-0.15, -0.1) is 0 Å². The van der Waals surface area contributed by atoms with E-state index in [1.807, 2.05) is 12.1 Å². The van der Waals surface area contributed by atoms with Crippen molar-refractivity contribution in [1.29, 1.82) is 0 Å². The summed E-state index contributed by atoms with van der Waals surface area (Å²) in [6, 6.07) is 8.25. The highest BCUT2D eigenvalue weighted by Gasteiger charge is 2.55. The van der Waals surface area contributed by atoms with Gasteiger partial charge in [-0.2, -0.15) is 0 Å². The van der Waals surface area contributed by atoms with E-state index in [0.29, 0.717) is 18.9 Å². The number of rotatable bonds is 5. The molecule has 2 saturated heterocycles. The van der Waals surface area contributed by atoms with Crippen LogP contribution in [0.15, 0.2) is 24.3 Å². The number of hydrogen-bond acceptors (Lipinski definition) is 4. The average Bonchev–Trinajstić information content (AvgIpc) is 3.28. The van der Waals surface area contributed by atoms with E-state index in [9.17, 15) is 14.7 Å². The molecule has 6 heteroatoms. The molecule has 152 valence electrons. The third-order valence-corrected chi connectivity index (χ3v) is 7.05. The lowest BCUT2D eigenvalue weighted by Crippen LogP contribution is -2.55. The molecular weight excluding hydrogens is 356 g/mol. The zero-order valence-corrected chi connectivity index (χ0v) is 16.6. The zero-order chi connectivity index (χ0) is 19.7. The number of carboxylic acid groups (broad SMARTS) is 1. The number of hydrogen-bond donors (Lipinski definition) is 1. The Kier molecular flexibility index (Phi) is 5.32. The van der Waals surface area contributed by atoms with Crippen LogP contribution in [0.2, 0.25) is 0 Å². The van der Waals surface area contributed by atoms with Gasteiger partial charge >= 0.3 is 5.97 Å². The number of piperidine rings is 1. The third-order valence-electron chi connectivity index (χ3n) is 7.05. The summed E-state index contributed by atoms with van der Waals surface area (Å²) in [6.07, 6.45) is 6.64. The van der Waals surface area contributed by atoms with Crippen LogP contribution < -0.4 is 4.74 Å². The maximum absolute atomic E-state index is 12.2. The van der Waals surface area contributed by atoms with Gasteiger partial charge in [-0.1, -0.05) is 18.2 Å². The second-order valence-electron chi connectivity index (χ2n) is 8.56. The Labute approximate surface area is 166 Å². The van der Waals surface area contributed by atoms with E-state index in [-0.39, 0.29) is 12.3 Å². The van der Waals surface area contributed by atoms with E-state index in [1.54, 1.807) is 11.9 Å². The maximum Gasteiger partial charge on any atom is 0.309 e. The molecule has 3 fully saturated rings. The van der Waals surface area contributed by atoms with Crippen LogP contribution in [0, 0.1) is 5.92 Å². The Bertz CT molecular complexity index is 736. The van der Waals surface area contributed by atoms with Crippen LogP contribution in [0.3, 0.4) is 0 Å². The number of carbonyl (C=O) groups is 2. The predicted octanol–water partition coefficient (Wildman–Crippen LogP) is 2.91. The van der Waals surface area contributed by atoms with Crippen LogP contribution in [-0.4, -0.2) is 58.6 Å². The monoisotopic (exact) mass is 386 g/mol. The largest absolute Gasteiger partial charge is 0.490 e. The van der Waals surface area contributed by atoms with Crippen molar-refractivity contribution in [3.63, 3.8) is 0 Å². The molecule has 2 aliphatic heterocycles. The van der Waals surface area contributed by atoms with E-state index >= 15 is 0 Å². The minimum Gasteiger partial charge on any atom is -0.490 e. The van der Waals surface area contributed by atoms with E-state index in [0.717, 1.165) is 38.2 Å². The van der Waals surface area contributed by atoms with Crippen molar-refractivity contribution >= 4 is 11.9 Å². The molecule has 0 unspecified atom stereocenters. The first-order valence-corrected chi connectivity index (χ1v) is 10.5. The molecule has 1 N–H and O–H groups in total. The van der Waals surface area contributed by atoms with Crippen LogP contribution >= 0.6 is 0 Å². The molecule has 1 aromatic carbocycles. The molecule has 0 bridgehead atoms. The molecule has 0 radical (unpaired) electrons. The summed E-state index contributed by atoms with van der Waals surface area (Å²) in [5.41, 5.74) is 0.662. The molecule has 28 heavy (non-hydrogen) atoms. The summed E-state index contributed by atoms with van der Waals surface area (Å²) in [5, 5.41) is 9.63. The first kappa shape index (κ1) is 19.2. The number of ether oxygens (including phenoxy) is 1. The summed E-state index contributed by atoms with van der Waals surface area (Å²) in [4.78, 5) is 28.0. The number of amides is 1. The smallest absolute Gasteiger partial charge is 0.309 e. The Morgan fingerprint density at radius 3 is 2.57 bits per heavy atom. The van der Waals surface area contributed by atoms with Crippen molar-refractivity contribution < 1.29 is 19.4 Å². The quantitative estimate of drug-likeness (QED) is 0.843. The van der Waals surface area contributed by atoms with Crippen molar-refractivity contribution in [2.24, 2.45) is 5.92 Å². The van der Waals surface area contributed by atoms with E-state index in [1.165, 1.54) is 18.4 Å². The zero-order valence-electron chi connectivity index (χ0n) is 16.6. The lowest BCUT2D eigenvalue weighted by molar-refractivity contribution is -0.146. The molecule has 4 rings (SSSR count). The van der Waals surface area contributed by atoms with Crippen molar-refractivity contribution in [2.75, 3.05) is 20.1 Å². The number of carboxylic acids is 1. The van der Waals surface area contributed by atoms with Gasteiger partial charge in [0.05, 0.1) is 17.6 Å². The summed E-state index contributed by atoms with van der Waals surface area (Å²) in [7, 11) is 1.77. The summed E-state index contributed by atoms with van der Waals surface area (Å²) >= 11 is 0. The molecule has 1 aromatic rings. The highest BCUT2D eigenvalue weighted by atomic mass is 16.5. The highest BCUT2D eigenvalue weighted by Crippen LogP contribution is 2.43. The second-order valence-corrected chi connectivity index (χ2v) is 8.56.